The van der Waals surface area contributed by atoms with Crippen molar-refractivity contribution in [3.63, 3.8) is 0 Å². The van der Waals surface area contributed by atoms with Crippen LogP contribution in [-0.4, -0.2) is 37.1 Å². The molecule has 0 amide bonds. The van der Waals surface area contributed by atoms with Crippen LogP contribution in [0, 0.1) is 0 Å². The summed E-state index contributed by atoms with van der Waals surface area (Å²) in [5.74, 6) is 0. The number of nitrogens with zero attached hydrogens (tertiary/aromatic N) is 2. The Labute approximate surface area is 132 Å². The molecule has 0 aromatic heterocycles. The molecule has 1 aromatic rings. The fourth-order valence-electron chi connectivity index (χ4n) is 2.76. The summed E-state index contributed by atoms with van der Waals surface area (Å²) < 4.78 is 39.5. The maximum atomic E-state index is 13.2. The molecule has 0 bridgehead atoms. The van der Waals surface area contributed by atoms with Gasteiger partial charge in [0.05, 0.1) is 5.56 Å². The Kier molecular flexibility index (Phi) is 4.88. The van der Waals surface area contributed by atoms with Crippen molar-refractivity contribution in [2.75, 3.05) is 25.0 Å². The molecule has 2 nitrogen and oxygen atoms in total. The number of rotatable bonds is 2. The first-order valence-electron chi connectivity index (χ1n) is 6.97. The summed E-state index contributed by atoms with van der Waals surface area (Å²) in [6.07, 6.45) is -4.32. The lowest BCUT2D eigenvalue weighted by atomic mass is 10.0. The van der Waals surface area contributed by atoms with E-state index >= 15 is 0 Å². The monoisotopic (exact) mass is 364 g/mol. The lowest BCUT2D eigenvalue weighted by Crippen LogP contribution is -2.55. The maximum Gasteiger partial charge on any atom is 0.416 e. The molecule has 6 heteroatoms. The van der Waals surface area contributed by atoms with Crippen LogP contribution in [0.4, 0.5) is 18.9 Å². The number of likely N-dealkylation sites (N-methyl/N-ethyl adjacent to an activating group) is 1. The van der Waals surface area contributed by atoms with Crippen LogP contribution in [0.25, 0.3) is 0 Å². The lowest BCUT2D eigenvalue weighted by Gasteiger charge is -2.43. The number of alkyl halides is 4. The number of anilines is 1. The Morgan fingerprint density at radius 3 is 2.24 bits per heavy atom. The first-order chi connectivity index (χ1) is 9.74. The summed E-state index contributed by atoms with van der Waals surface area (Å²) in [4.78, 5) is 4.30. The highest BCUT2D eigenvalue weighted by Crippen LogP contribution is 2.36. The first kappa shape index (κ1) is 16.6. The fourth-order valence-corrected chi connectivity index (χ4v) is 3.25. The third-order valence-electron chi connectivity index (χ3n) is 4.27. The molecule has 0 radical (unpaired) electrons. The van der Waals surface area contributed by atoms with Gasteiger partial charge in [0.15, 0.2) is 0 Å². The zero-order chi connectivity index (χ0) is 15.8. The van der Waals surface area contributed by atoms with Gasteiger partial charge in [-0.25, -0.2) is 0 Å². The summed E-state index contributed by atoms with van der Waals surface area (Å²) >= 11 is 3.13. The first-order valence-corrected chi connectivity index (χ1v) is 8.09. The molecule has 0 N–H and O–H groups in total. The predicted octanol–water partition coefficient (Wildman–Crippen LogP) is 4.13. The molecule has 21 heavy (non-hydrogen) atoms. The standard InChI is InChI=1S/C15H20BrF3N2/c1-10-8-21(9-11(2)20(10)3)13-5-4-12(7-16)14(6-13)15(17,18)19/h4-6,10-11H,7-9H2,1-3H3. The summed E-state index contributed by atoms with van der Waals surface area (Å²) in [6, 6.07) is 5.27. The molecule has 118 valence electrons. The largest absolute Gasteiger partial charge is 0.416 e. The van der Waals surface area contributed by atoms with Gasteiger partial charge in [-0.05, 0) is 38.6 Å². The van der Waals surface area contributed by atoms with Gasteiger partial charge in [0.25, 0.3) is 0 Å². The highest BCUT2D eigenvalue weighted by atomic mass is 79.9. The molecule has 1 aromatic carbocycles. The van der Waals surface area contributed by atoms with E-state index in [1.807, 2.05) is 4.90 Å². The van der Waals surface area contributed by atoms with E-state index in [1.54, 1.807) is 12.1 Å². The van der Waals surface area contributed by atoms with Crippen LogP contribution >= 0.6 is 15.9 Å². The third-order valence-corrected chi connectivity index (χ3v) is 4.87. The second-order valence-electron chi connectivity index (χ2n) is 5.74. The molecule has 2 atom stereocenters. The molecule has 0 saturated carbocycles. The maximum absolute atomic E-state index is 13.2. The van der Waals surface area contributed by atoms with E-state index in [0.29, 0.717) is 17.8 Å². The Bertz CT molecular complexity index is 492. The van der Waals surface area contributed by atoms with Crippen molar-refractivity contribution in [1.82, 2.24) is 4.90 Å². The minimum Gasteiger partial charge on any atom is -0.368 e. The summed E-state index contributed by atoms with van der Waals surface area (Å²) in [7, 11) is 2.06. The smallest absolute Gasteiger partial charge is 0.368 e. The number of piperazine rings is 1. The van der Waals surface area contributed by atoms with Crippen LogP contribution in [0.15, 0.2) is 18.2 Å². The minimum atomic E-state index is -4.32. The lowest BCUT2D eigenvalue weighted by molar-refractivity contribution is -0.138. The molecule has 1 aliphatic heterocycles. The predicted molar refractivity (Wildman–Crippen MR) is 83.0 cm³/mol. The van der Waals surface area contributed by atoms with Crippen LogP contribution in [0.5, 0.6) is 0 Å². The average Bonchev–Trinajstić information content (AvgIpc) is 2.42. The van der Waals surface area contributed by atoms with E-state index in [-0.39, 0.29) is 10.9 Å². The van der Waals surface area contributed by atoms with Crippen molar-refractivity contribution in [3.8, 4) is 0 Å². The average molecular weight is 365 g/mol. The molecular weight excluding hydrogens is 345 g/mol. The normalized spacial score (nSPS) is 24.4. The zero-order valence-corrected chi connectivity index (χ0v) is 14.0. The number of hydrogen-bond donors (Lipinski definition) is 0. The van der Waals surface area contributed by atoms with E-state index in [1.165, 1.54) is 6.07 Å². The Hall–Kier alpha value is -0.750. The number of halogens is 4. The van der Waals surface area contributed by atoms with Crippen LogP contribution < -0.4 is 4.90 Å². The van der Waals surface area contributed by atoms with Crippen molar-refractivity contribution in [3.05, 3.63) is 29.3 Å². The van der Waals surface area contributed by atoms with Gasteiger partial charge >= 0.3 is 6.18 Å². The van der Waals surface area contributed by atoms with Crippen LogP contribution in [0.1, 0.15) is 25.0 Å². The summed E-state index contributed by atoms with van der Waals surface area (Å²) in [6.45, 7) is 5.68. The van der Waals surface area contributed by atoms with Gasteiger partial charge < -0.3 is 4.90 Å². The van der Waals surface area contributed by atoms with Crippen LogP contribution in [-0.2, 0) is 11.5 Å². The molecule has 1 heterocycles. The summed E-state index contributed by atoms with van der Waals surface area (Å²) in [5.41, 5.74) is 0.386. The van der Waals surface area contributed by atoms with Gasteiger partial charge in [0.1, 0.15) is 0 Å². The molecule has 1 saturated heterocycles. The molecule has 0 aliphatic carbocycles. The van der Waals surface area contributed by atoms with Gasteiger partial charge in [-0.2, -0.15) is 13.2 Å². The van der Waals surface area contributed by atoms with Crippen molar-refractivity contribution in [1.29, 1.82) is 0 Å². The quantitative estimate of drug-likeness (QED) is 0.728. The van der Waals surface area contributed by atoms with E-state index < -0.39 is 11.7 Å². The van der Waals surface area contributed by atoms with Gasteiger partial charge in [0, 0.05) is 36.2 Å². The number of hydrogen-bond acceptors (Lipinski definition) is 2. The van der Waals surface area contributed by atoms with Gasteiger partial charge in [-0.15, -0.1) is 0 Å². The van der Waals surface area contributed by atoms with Crippen molar-refractivity contribution >= 4 is 21.6 Å². The SMILES string of the molecule is CC1CN(c2ccc(CBr)c(C(F)(F)F)c2)CC(C)N1C. The van der Waals surface area contributed by atoms with Crippen LogP contribution in [0.3, 0.4) is 0 Å². The molecule has 2 rings (SSSR count). The van der Waals surface area contributed by atoms with E-state index in [0.717, 1.165) is 13.1 Å². The van der Waals surface area contributed by atoms with Crippen molar-refractivity contribution < 1.29 is 13.2 Å². The Balaban J connectivity index is 2.33. The zero-order valence-electron chi connectivity index (χ0n) is 12.4. The minimum absolute atomic E-state index is 0.206. The Morgan fingerprint density at radius 1 is 1.19 bits per heavy atom. The van der Waals surface area contributed by atoms with Crippen LogP contribution in [0.2, 0.25) is 0 Å². The molecule has 2 unspecified atom stereocenters. The molecule has 1 aliphatic rings. The van der Waals surface area contributed by atoms with Gasteiger partial charge in [-0.3, -0.25) is 4.90 Å². The topological polar surface area (TPSA) is 6.48 Å². The van der Waals surface area contributed by atoms with Crippen molar-refractivity contribution in [2.45, 2.75) is 37.4 Å². The second-order valence-corrected chi connectivity index (χ2v) is 6.30. The molecule has 0 spiro atoms. The second kappa shape index (κ2) is 6.16. The summed E-state index contributed by atoms with van der Waals surface area (Å²) in [5, 5.41) is 0.206. The number of benzene rings is 1. The highest BCUT2D eigenvalue weighted by molar-refractivity contribution is 9.08. The van der Waals surface area contributed by atoms with E-state index in [4.69, 9.17) is 0 Å². The third kappa shape index (κ3) is 3.54. The van der Waals surface area contributed by atoms with E-state index in [9.17, 15) is 13.2 Å². The van der Waals surface area contributed by atoms with Gasteiger partial charge in [0.2, 0.25) is 0 Å². The highest BCUT2D eigenvalue weighted by Gasteiger charge is 2.34. The fraction of sp³-hybridized carbons (Fsp3) is 0.600. The Morgan fingerprint density at radius 2 is 1.76 bits per heavy atom. The molecular formula is C15H20BrF3N2. The van der Waals surface area contributed by atoms with Gasteiger partial charge in [-0.1, -0.05) is 22.0 Å². The molecule has 1 fully saturated rings. The van der Waals surface area contributed by atoms with Crippen molar-refractivity contribution in [2.24, 2.45) is 0 Å². The van der Waals surface area contributed by atoms with E-state index in [2.05, 4.69) is 41.7 Å².